The summed E-state index contributed by atoms with van der Waals surface area (Å²) in [6.45, 7) is 3.12. The van der Waals surface area contributed by atoms with Gasteiger partial charge in [-0.05, 0) is 11.6 Å². The largest absolute Gasteiger partial charge is 1.00 e. The minimum atomic E-state index is -4.25. The van der Waals surface area contributed by atoms with Crippen molar-refractivity contribution in [2.45, 2.75) is 0 Å². The van der Waals surface area contributed by atoms with Crippen LogP contribution in [0.25, 0.3) is 6.08 Å². The second-order valence-corrected chi connectivity index (χ2v) is 3.80. The number of allylic oxidation sites excluding steroid dienone is 1. The SMILES string of the molecule is C=CC#N.O=S(=O)([O-])C=Cc1ccccc1.[Na+]. The van der Waals surface area contributed by atoms with Crippen LogP contribution in [0.1, 0.15) is 5.56 Å². The number of nitrogens with zero attached hydrogens (tertiary/aromatic N) is 1. The molecule has 0 amide bonds. The molecule has 4 nitrogen and oxygen atoms in total. The number of rotatable bonds is 2. The molecule has 1 aromatic carbocycles. The van der Waals surface area contributed by atoms with Crippen LogP contribution in [-0.2, 0) is 10.1 Å². The van der Waals surface area contributed by atoms with Crippen molar-refractivity contribution in [2.24, 2.45) is 0 Å². The van der Waals surface area contributed by atoms with Crippen LogP contribution in [0, 0.1) is 11.3 Å². The van der Waals surface area contributed by atoms with Crippen LogP contribution >= 0.6 is 0 Å². The summed E-state index contributed by atoms with van der Waals surface area (Å²) in [6, 6.07) is 10.4. The van der Waals surface area contributed by atoms with Crippen LogP contribution in [0.2, 0.25) is 0 Å². The summed E-state index contributed by atoms with van der Waals surface area (Å²) in [5.74, 6) is 0. The van der Waals surface area contributed by atoms with Gasteiger partial charge in [0.2, 0.25) is 0 Å². The van der Waals surface area contributed by atoms with Gasteiger partial charge in [0, 0.05) is 11.5 Å². The molecule has 6 heteroatoms. The fourth-order valence-corrected chi connectivity index (χ4v) is 1.05. The Labute approximate surface area is 123 Å². The minimum absolute atomic E-state index is 0. The van der Waals surface area contributed by atoms with Gasteiger partial charge in [-0.1, -0.05) is 36.9 Å². The smallest absolute Gasteiger partial charge is 0.744 e. The Morgan fingerprint density at radius 2 is 1.76 bits per heavy atom. The monoisotopic (exact) mass is 259 g/mol. The van der Waals surface area contributed by atoms with Crippen LogP contribution in [-0.4, -0.2) is 13.0 Å². The van der Waals surface area contributed by atoms with Gasteiger partial charge in [0.1, 0.15) is 10.1 Å². The van der Waals surface area contributed by atoms with Crippen molar-refractivity contribution in [1.29, 1.82) is 5.26 Å². The molecule has 0 aliphatic rings. The van der Waals surface area contributed by atoms with E-state index in [2.05, 4.69) is 6.58 Å². The molecule has 0 heterocycles. The molecule has 0 saturated carbocycles. The van der Waals surface area contributed by atoms with E-state index in [0.29, 0.717) is 11.0 Å². The van der Waals surface area contributed by atoms with E-state index in [1.54, 1.807) is 30.3 Å². The zero-order valence-corrected chi connectivity index (χ0v) is 12.2. The molecule has 0 unspecified atom stereocenters. The molecule has 0 aliphatic carbocycles. The first-order chi connectivity index (χ1) is 7.49. The predicted octanol–water partition coefficient (Wildman–Crippen LogP) is -1.10. The first kappa shape index (κ1) is 18.5. The molecule has 0 radical (unpaired) electrons. The molecule has 0 spiro atoms. The Morgan fingerprint density at radius 3 is 2.12 bits per heavy atom. The van der Waals surface area contributed by atoms with Gasteiger partial charge in [0.15, 0.2) is 0 Å². The maximum absolute atomic E-state index is 10.2. The molecule has 0 N–H and O–H groups in total. The Kier molecular flexibility index (Phi) is 11.2. The summed E-state index contributed by atoms with van der Waals surface area (Å²) < 4.78 is 30.5. The number of hydrogen-bond donors (Lipinski definition) is 0. The standard InChI is InChI=1S/C8H8O3S.C3H3N.Na/c9-12(10,11)7-6-8-4-2-1-3-5-8;1-2-3-4;/h1-7H,(H,9,10,11);2H,1H2;/q;;+1/p-1. The van der Waals surface area contributed by atoms with Gasteiger partial charge in [0.25, 0.3) is 0 Å². The van der Waals surface area contributed by atoms with Gasteiger partial charge >= 0.3 is 29.6 Å². The molecule has 0 bridgehead atoms. The van der Waals surface area contributed by atoms with Crippen molar-refractivity contribution >= 4 is 16.2 Å². The summed E-state index contributed by atoms with van der Waals surface area (Å²) in [5, 5.41) is 8.15. The molecule has 0 atom stereocenters. The van der Waals surface area contributed by atoms with Gasteiger partial charge in [-0.3, -0.25) is 0 Å². The maximum atomic E-state index is 10.2. The normalized spacial score (nSPS) is 9.41. The molecule has 84 valence electrons. The van der Waals surface area contributed by atoms with Crippen molar-refractivity contribution in [3.63, 3.8) is 0 Å². The minimum Gasteiger partial charge on any atom is -0.744 e. The quantitative estimate of drug-likeness (QED) is 0.383. The number of hydrogen-bond acceptors (Lipinski definition) is 4. The van der Waals surface area contributed by atoms with Gasteiger partial charge in [-0.15, -0.1) is 0 Å². The van der Waals surface area contributed by atoms with Crippen molar-refractivity contribution < 1.29 is 42.5 Å². The molecule has 1 rings (SSSR count). The Bertz CT molecular complexity index is 489. The molecule has 0 saturated heterocycles. The van der Waals surface area contributed by atoms with E-state index >= 15 is 0 Å². The third-order valence-corrected chi connectivity index (χ3v) is 1.79. The van der Waals surface area contributed by atoms with Crippen LogP contribution in [0.3, 0.4) is 0 Å². The first-order valence-electron chi connectivity index (χ1n) is 4.19. The molecule has 0 fully saturated rings. The van der Waals surface area contributed by atoms with E-state index < -0.39 is 10.1 Å². The van der Waals surface area contributed by atoms with E-state index in [-0.39, 0.29) is 29.6 Å². The zero-order valence-electron chi connectivity index (χ0n) is 9.41. The average molecular weight is 259 g/mol. The summed E-state index contributed by atoms with van der Waals surface area (Å²) in [5.41, 5.74) is 0.692. The zero-order chi connectivity index (χ0) is 12.4. The third-order valence-electron chi connectivity index (χ3n) is 1.32. The van der Waals surface area contributed by atoms with Crippen molar-refractivity contribution in [3.8, 4) is 6.07 Å². The van der Waals surface area contributed by atoms with Crippen LogP contribution < -0.4 is 29.6 Å². The Hall–Kier alpha value is -0.900. The summed E-state index contributed by atoms with van der Waals surface area (Å²) in [7, 11) is -4.25. The van der Waals surface area contributed by atoms with E-state index in [1.165, 1.54) is 12.2 Å². The summed E-state index contributed by atoms with van der Waals surface area (Å²) in [4.78, 5) is 0. The predicted molar refractivity (Wildman–Crippen MR) is 61.0 cm³/mol. The first-order valence-corrected chi connectivity index (χ1v) is 5.66. The fraction of sp³-hybridized carbons (Fsp3) is 0. The van der Waals surface area contributed by atoms with Gasteiger partial charge in [0.05, 0.1) is 6.07 Å². The molecular formula is C11H10NNaO3S. The van der Waals surface area contributed by atoms with Crippen LogP contribution in [0.5, 0.6) is 0 Å². The van der Waals surface area contributed by atoms with E-state index in [4.69, 9.17) is 5.26 Å². The second-order valence-electron chi connectivity index (χ2n) is 2.54. The molecule has 0 aromatic heterocycles. The van der Waals surface area contributed by atoms with Gasteiger partial charge < -0.3 is 4.55 Å². The fourth-order valence-electron chi connectivity index (χ4n) is 0.726. The Morgan fingerprint density at radius 1 is 1.29 bits per heavy atom. The van der Waals surface area contributed by atoms with Crippen molar-refractivity contribution in [3.05, 3.63) is 54.0 Å². The topological polar surface area (TPSA) is 81.0 Å². The van der Waals surface area contributed by atoms with Crippen LogP contribution in [0.4, 0.5) is 0 Å². The van der Waals surface area contributed by atoms with Gasteiger partial charge in [-0.2, -0.15) is 5.26 Å². The van der Waals surface area contributed by atoms with E-state index in [9.17, 15) is 13.0 Å². The molecule has 1 aromatic rings. The average Bonchev–Trinajstić information content (AvgIpc) is 2.27. The Balaban J connectivity index is 0. The molecule has 0 aliphatic heterocycles. The van der Waals surface area contributed by atoms with E-state index in [0.717, 1.165) is 0 Å². The van der Waals surface area contributed by atoms with Crippen molar-refractivity contribution in [1.82, 2.24) is 0 Å². The van der Waals surface area contributed by atoms with Crippen molar-refractivity contribution in [2.75, 3.05) is 0 Å². The number of benzene rings is 1. The summed E-state index contributed by atoms with van der Waals surface area (Å²) in [6.07, 6.45) is 2.45. The van der Waals surface area contributed by atoms with Gasteiger partial charge in [-0.25, -0.2) is 8.42 Å². The van der Waals surface area contributed by atoms with E-state index in [1.807, 2.05) is 6.07 Å². The number of nitriles is 1. The van der Waals surface area contributed by atoms with Crippen LogP contribution in [0.15, 0.2) is 48.4 Å². The molecule has 17 heavy (non-hydrogen) atoms. The maximum Gasteiger partial charge on any atom is 1.00 e. The second kappa shape index (κ2) is 10.3. The third kappa shape index (κ3) is 13.0. The molecular weight excluding hydrogens is 249 g/mol. The summed E-state index contributed by atoms with van der Waals surface area (Å²) >= 11 is 0.